The van der Waals surface area contributed by atoms with Crippen molar-refractivity contribution >= 4 is 31.9 Å². The lowest BCUT2D eigenvalue weighted by Crippen LogP contribution is -2.15. The first kappa shape index (κ1) is 15.5. The van der Waals surface area contributed by atoms with Gasteiger partial charge in [0.25, 0.3) is 0 Å². The third-order valence-electron chi connectivity index (χ3n) is 2.93. The third-order valence-corrected chi connectivity index (χ3v) is 4.15. The van der Waals surface area contributed by atoms with Crippen molar-refractivity contribution in [3.63, 3.8) is 0 Å². The summed E-state index contributed by atoms with van der Waals surface area (Å²) in [4.78, 5) is 0. The van der Waals surface area contributed by atoms with Crippen LogP contribution in [0.25, 0.3) is 0 Å². The minimum absolute atomic E-state index is 0.0187. The SMILES string of the molecule is NC(Cc1c(F)ccc(Br)c1F)c1ccc(F)c(Br)c1. The number of benzene rings is 2. The quantitative estimate of drug-likeness (QED) is 0.720. The minimum Gasteiger partial charge on any atom is -0.324 e. The van der Waals surface area contributed by atoms with Crippen LogP contribution in [0.15, 0.2) is 39.3 Å². The Hall–Kier alpha value is -0.850. The van der Waals surface area contributed by atoms with Gasteiger partial charge in [0, 0.05) is 11.6 Å². The van der Waals surface area contributed by atoms with Crippen LogP contribution in [0.3, 0.4) is 0 Å². The highest BCUT2D eigenvalue weighted by molar-refractivity contribution is 9.10. The van der Waals surface area contributed by atoms with Crippen LogP contribution < -0.4 is 5.73 Å². The van der Waals surface area contributed by atoms with Crippen LogP contribution in [-0.4, -0.2) is 0 Å². The van der Waals surface area contributed by atoms with Crippen molar-refractivity contribution in [1.29, 1.82) is 0 Å². The number of nitrogens with two attached hydrogens (primary N) is 1. The molecule has 2 aromatic carbocycles. The van der Waals surface area contributed by atoms with Gasteiger partial charge in [-0.3, -0.25) is 0 Å². The summed E-state index contributed by atoms with van der Waals surface area (Å²) in [6, 6.07) is 6.11. The van der Waals surface area contributed by atoms with Crippen LogP contribution in [0.2, 0.25) is 0 Å². The largest absolute Gasteiger partial charge is 0.324 e. The molecule has 0 aliphatic heterocycles. The van der Waals surface area contributed by atoms with E-state index in [0.717, 1.165) is 0 Å². The molecule has 20 heavy (non-hydrogen) atoms. The van der Waals surface area contributed by atoms with E-state index < -0.39 is 23.5 Å². The van der Waals surface area contributed by atoms with Crippen molar-refractivity contribution in [3.05, 3.63) is 67.9 Å². The molecule has 0 heterocycles. The number of rotatable bonds is 3. The summed E-state index contributed by atoms with van der Waals surface area (Å²) in [7, 11) is 0. The van der Waals surface area contributed by atoms with Crippen LogP contribution in [0.4, 0.5) is 13.2 Å². The first-order chi connectivity index (χ1) is 9.40. The maximum Gasteiger partial charge on any atom is 0.143 e. The highest BCUT2D eigenvalue weighted by Gasteiger charge is 2.17. The number of hydrogen-bond acceptors (Lipinski definition) is 1. The van der Waals surface area contributed by atoms with E-state index in [1.807, 2.05) is 0 Å². The van der Waals surface area contributed by atoms with E-state index in [1.165, 1.54) is 30.3 Å². The fourth-order valence-corrected chi connectivity index (χ4v) is 2.60. The lowest BCUT2D eigenvalue weighted by atomic mass is 9.99. The molecule has 0 fully saturated rings. The second kappa shape index (κ2) is 6.28. The lowest BCUT2D eigenvalue weighted by molar-refractivity contribution is 0.535. The second-order valence-corrected chi connectivity index (χ2v) is 6.01. The summed E-state index contributed by atoms with van der Waals surface area (Å²) in [6.07, 6.45) is -0.0187. The minimum atomic E-state index is -0.665. The smallest absolute Gasteiger partial charge is 0.143 e. The van der Waals surface area contributed by atoms with Crippen LogP contribution in [0, 0.1) is 17.5 Å². The normalized spacial score (nSPS) is 12.5. The molecular weight excluding hydrogens is 399 g/mol. The molecule has 0 spiro atoms. The Labute approximate surface area is 131 Å². The predicted octanol–water partition coefficient (Wildman–Crippen LogP) is 4.87. The van der Waals surface area contributed by atoms with Crippen molar-refractivity contribution in [2.24, 2.45) is 5.73 Å². The molecule has 1 atom stereocenters. The molecule has 0 aromatic heterocycles. The van der Waals surface area contributed by atoms with E-state index in [1.54, 1.807) is 0 Å². The first-order valence-corrected chi connectivity index (χ1v) is 7.31. The molecule has 2 N–H and O–H groups in total. The number of hydrogen-bond donors (Lipinski definition) is 1. The van der Waals surface area contributed by atoms with Crippen molar-refractivity contribution in [3.8, 4) is 0 Å². The Morgan fingerprint density at radius 2 is 1.60 bits per heavy atom. The van der Waals surface area contributed by atoms with Gasteiger partial charge in [-0.25, -0.2) is 13.2 Å². The Kier molecular flexibility index (Phi) is 4.88. The number of halogens is 5. The average Bonchev–Trinajstić information content (AvgIpc) is 2.42. The van der Waals surface area contributed by atoms with Gasteiger partial charge in [0.15, 0.2) is 0 Å². The van der Waals surface area contributed by atoms with Gasteiger partial charge in [-0.1, -0.05) is 6.07 Å². The highest BCUT2D eigenvalue weighted by Crippen LogP contribution is 2.27. The van der Waals surface area contributed by atoms with E-state index in [-0.39, 0.29) is 20.9 Å². The van der Waals surface area contributed by atoms with Gasteiger partial charge in [0.1, 0.15) is 17.5 Å². The molecule has 1 unspecified atom stereocenters. The molecule has 2 rings (SSSR count). The van der Waals surface area contributed by atoms with Gasteiger partial charge in [0.2, 0.25) is 0 Å². The van der Waals surface area contributed by atoms with Gasteiger partial charge < -0.3 is 5.73 Å². The molecule has 106 valence electrons. The molecule has 0 bridgehead atoms. The molecule has 6 heteroatoms. The fourth-order valence-electron chi connectivity index (χ4n) is 1.84. The van der Waals surface area contributed by atoms with E-state index >= 15 is 0 Å². The van der Waals surface area contributed by atoms with Crippen molar-refractivity contribution in [2.45, 2.75) is 12.5 Å². The summed E-state index contributed by atoms with van der Waals surface area (Å²) in [5.74, 6) is -1.73. The van der Waals surface area contributed by atoms with Crippen LogP contribution >= 0.6 is 31.9 Å². The van der Waals surface area contributed by atoms with Crippen LogP contribution in [0.1, 0.15) is 17.2 Å². The van der Waals surface area contributed by atoms with E-state index in [2.05, 4.69) is 31.9 Å². The predicted molar refractivity (Wildman–Crippen MR) is 78.8 cm³/mol. The Morgan fingerprint density at radius 3 is 2.25 bits per heavy atom. The van der Waals surface area contributed by atoms with Crippen molar-refractivity contribution in [1.82, 2.24) is 0 Å². The van der Waals surface area contributed by atoms with E-state index in [0.29, 0.717) is 5.56 Å². The molecule has 0 radical (unpaired) electrons. The monoisotopic (exact) mass is 407 g/mol. The Balaban J connectivity index is 2.30. The summed E-state index contributed by atoms with van der Waals surface area (Å²) >= 11 is 6.06. The molecule has 0 saturated heterocycles. The van der Waals surface area contributed by atoms with Crippen molar-refractivity contribution in [2.75, 3.05) is 0 Å². The summed E-state index contributed by atoms with van der Waals surface area (Å²) < 4.78 is 41.1. The zero-order valence-corrected chi connectivity index (χ0v) is 13.3. The topological polar surface area (TPSA) is 26.0 Å². The summed E-state index contributed by atoms with van der Waals surface area (Å²) in [6.45, 7) is 0. The fraction of sp³-hybridized carbons (Fsp3) is 0.143. The van der Waals surface area contributed by atoms with Crippen LogP contribution in [0.5, 0.6) is 0 Å². The Morgan fingerprint density at radius 1 is 0.950 bits per heavy atom. The van der Waals surface area contributed by atoms with E-state index in [9.17, 15) is 13.2 Å². The maximum absolute atomic E-state index is 13.9. The molecule has 0 amide bonds. The van der Waals surface area contributed by atoms with Gasteiger partial charge in [0.05, 0.1) is 8.95 Å². The van der Waals surface area contributed by atoms with Crippen molar-refractivity contribution < 1.29 is 13.2 Å². The zero-order valence-electron chi connectivity index (χ0n) is 10.1. The lowest BCUT2D eigenvalue weighted by Gasteiger charge is -2.14. The third kappa shape index (κ3) is 3.24. The molecule has 0 saturated carbocycles. The standard InChI is InChI=1S/C14H10Br2F3N/c15-9-2-4-11(17)8(14(9)19)6-13(20)7-1-3-12(18)10(16)5-7/h1-5,13H,6,20H2. The van der Waals surface area contributed by atoms with Gasteiger partial charge in [-0.15, -0.1) is 0 Å². The summed E-state index contributed by atoms with van der Waals surface area (Å²) in [5, 5.41) is 0. The molecule has 0 aliphatic rings. The molecular formula is C14H10Br2F3N. The molecule has 1 nitrogen and oxygen atoms in total. The van der Waals surface area contributed by atoms with Gasteiger partial charge in [-0.2, -0.15) is 0 Å². The van der Waals surface area contributed by atoms with Gasteiger partial charge in [-0.05, 0) is 68.1 Å². The highest BCUT2D eigenvalue weighted by atomic mass is 79.9. The van der Waals surface area contributed by atoms with Crippen LogP contribution in [-0.2, 0) is 6.42 Å². The second-order valence-electron chi connectivity index (χ2n) is 4.31. The maximum atomic E-state index is 13.9. The zero-order chi connectivity index (χ0) is 14.9. The average molecular weight is 409 g/mol. The Bertz CT molecular complexity index is 647. The van der Waals surface area contributed by atoms with E-state index in [4.69, 9.17) is 5.73 Å². The summed E-state index contributed by atoms with van der Waals surface area (Å²) in [5.41, 5.74) is 6.45. The molecule has 0 aliphatic carbocycles. The first-order valence-electron chi connectivity index (χ1n) is 5.73. The van der Waals surface area contributed by atoms with Gasteiger partial charge >= 0.3 is 0 Å². The molecule has 2 aromatic rings.